The zero-order valence-electron chi connectivity index (χ0n) is 15.2. The van der Waals surface area contributed by atoms with Gasteiger partial charge in [0.2, 0.25) is 0 Å². The number of hydrogen-bond acceptors (Lipinski definition) is 3. The Morgan fingerprint density at radius 3 is 2.41 bits per heavy atom. The minimum atomic E-state index is -1.29. The molecule has 0 spiro atoms. The van der Waals surface area contributed by atoms with Gasteiger partial charge in [-0.2, -0.15) is 0 Å². The predicted molar refractivity (Wildman–Crippen MR) is 93.4 cm³/mol. The number of carbonyl (C=O) groups excluding carboxylic acids is 1. The predicted octanol–water partition coefficient (Wildman–Crippen LogP) is 4.56. The topological polar surface area (TPSA) is 49.8 Å². The van der Waals surface area contributed by atoms with Crippen LogP contribution in [0.25, 0.3) is 11.1 Å². The smallest absolute Gasteiger partial charge is 0.410 e. The summed E-state index contributed by atoms with van der Waals surface area (Å²) in [7, 11) is 0. The van der Waals surface area contributed by atoms with Crippen LogP contribution >= 0.6 is 0 Å². The molecule has 0 radical (unpaired) electrons. The highest BCUT2D eigenvalue weighted by molar-refractivity contribution is 5.73. The van der Waals surface area contributed by atoms with Crippen molar-refractivity contribution in [2.75, 3.05) is 6.54 Å². The van der Waals surface area contributed by atoms with Crippen LogP contribution in [0.15, 0.2) is 30.3 Å². The lowest BCUT2D eigenvalue weighted by Gasteiger charge is -2.35. The van der Waals surface area contributed by atoms with E-state index in [2.05, 4.69) is 0 Å². The number of halogens is 3. The monoisotopic (exact) mass is 379 g/mol. The Morgan fingerprint density at radius 2 is 1.78 bits per heavy atom. The number of amides is 1. The van der Waals surface area contributed by atoms with E-state index in [9.17, 15) is 23.1 Å². The van der Waals surface area contributed by atoms with Gasteiger partial charge >= 0.3 is 6.09 Å². The second-order valence-electron chi connectivity index (χ2n) is 7.49. The molecule has 1 unspecified atom stereocenters. The van der Waals surface area contributed by atoms with Crippen molar-refractivity contribution in [1.82, 2.24) is 4.90 Å². The molecule has 1 N–H and O–H groups in total. The molecule has 1 aliphatic heterocycles. The number of hydrogen-bond donors (Lipinski definition) is 1. The third-order valence-electron chi connectivity index (χ3n) is 4.25. The normalized spacial score (nSPS) is 16.9. The van der Waals surface area contributed by atoms with Crippen molar-refractivity contribution < 1.29 is 27.8 Å². The molecule has 0 aliphatic carbocycles. The van der Waals surface area contributed by atoms with Gasteiger partial charge < -0.3 is 14.7 Å². The van der Waals surface area contributed by atoms with Crippen LogP contribution in [0.1, 0.15) is 38.0 Å². The standard InChI is InChI=1S/C20H20F3NO3/c1-20(2,3)27-19(26)24-9-14-12(13-5-4-11(21)8-16(13)23)6-7-15(22)18(14)17(25)10-24/h4-8,17,25H,9-10H2,1-3H3. The molecular formula is C20H20F3NO3. The molecule has 27 heavy (non-hydrogen) atoms. The average molecular weight is 379 g/mol. The van der Waals surface area contributed by atoms with Gasteiger partial charge in [0.05, 0.1) is 19.2 Å². The molecule has 2 aromatic carbocycles. The van der Waals surface area contributed by atoms with Crippen molar-refractivity contribution in [3.8, 4) is 11.1 Å². The maximum atomic E-state index is 14.3. The second kappa shape index (κ2) is 6.88. The second-order valence-corrected chi connectivity index (χ2v) is 7.49. The maximum Gasteiger partial charge on any atom is 0.410 e. The third kappa shape index (κ3) is 3.93. The molecule has 0 aromatic heterocycles. The van der Waals surface area contributed by atoms with Gasteiger partial charge in [-0.1, -0.05) is 6.07 Å². The van der Waals surface area contributed by atoms with E-state index in [0.717, 1.165) is 18.2 Å². The molecule has 1 heterocycles. The van der Waals surface area contributed by atoms with Gasteiger partial charge in [0.25, 0.3) is 0 Å². The molecule has 144 valence electrons. The minimum absolute atomic E-state index is 0.0102. The average Bonchev–Trinajstić information content (AvgIpc) is 2.54. The van der Waals surface area contributed by atoms with E-state index in [1.807, 2.05) is 0 Å². The van der Waals surface area contributed by atoms with E-state index < -0.39 is 35.2 Å². The molecule has 0 bridgehead atoms. The Kier molecular flexibility index (Phi) is 4.90. The molecule has 1 amide bonds. The first-order valence-electron chi connectivity index (χ1n) is 8.49. The van der Waals surface area contributed by atoms with Crippen molar-refractivity contribution in [3.63, 3.8) is 0 Å². The summed E-state index contributed by atoms with van der Waals surface area (Å²) in [5.74, 6) is -2.19. The zero-order valence-corrected chi connectivity index (χ0v) is 15.2. The summed E-state index contributed by atoms with van der Waals surface area (Å²) in [6.07, 6.45) is -1.95. The van der Waals surface area contributed by atoms with Crippen LogP contribution in [-0.4, -0.2) is 28.2 Å². The van der Waals surface area contributed by atoms with Gasteiger partial charge in [-0.05, 0) is 50.1 Å². The van der Waals surface area contributed by atoms with E-state index >= 15 is 0 Å². The van der Waals surface area contributed by atoms with Gasteiger partial charge in [0.15, 0.2) is 0 Å². The van der Waals surface area contributed by atoms with E-state index in [-0.39, 0.29) is 35.3 Å². The largest absolute Gasteiger partial charge is 0.444 e. The fourth-order valence-corrected chi connectivity index (χ4v) is 3.15. The Labute approximate surface area is 155 Å². The number of aliphatic hydroxyl groups excluding tert-OH is 1. The summed E-state index contributed by atoms with van der Waals surface area (Å²) in [5.41, 5.74) is -0.112. The first kappa shape index (κ1) is 19.2. The summed E-state index contributed by atoms with van der Waals surface area (Å²) in [4.78, 5) is 13.6. The number of nitrogens with zero attached hydrogens (tertiary/aromatic N) is 1. The molecule has 1 aliphatic rings. The lowest BCUT2D eigenvalue weighted by Crippen LogP contribution is -2.42. The zero-order chi connectivity index (χ0) is 19.9. The van der Waals surface area contributed by atoms with Crippen LogP contribution in [0.2, 0.25) is 0 Å². The first-order valence-corrected chi connectivity index (χ1v) is 8.49. The Balaban J connectivity index is 2.06. The number of fused-ring (bicyclic) bond motifs is 1. The number of carbonyl (C=O) groups is 1. The fraction of sp³-hybridized carbons (Fsp3) is 0.350. The van der Waals surface area contributed by atoms with E-state index in [4.69, 9.17) is 4.74 Å². The Bertz CT molecular complexity index is 893. The van der Waals surface area contributed by atoms with Crippen molar-refractivity contribution in [2.45, 2.75) is 39.0 Å². The summed E-state index contributed by atoms with van der Waals surface area (Å²) >= 11 is 0. The van der Waals surface area contributed by atoms with Crippen molar-refractivity contribution in [3.05, 3.63) is 58.9 Å². The van der Waals surface area contributed by atoms with Crippen LogP contribution in [0.4, 0.5) is 18.0 Å². The van der Waals surface area contributed by atoms with Crippen molar-refractivity contribution in [2.24, 2.45) is 0 Å². The summed E-state index contributed by atoms with van der Waals surface area (Å²) in [5, 5.41) is 10.4. The molecule has 7 heteroatoms. The molecule has 1 atom stereocenters. The van der Waals surface area contributed by atoms with Crippen LogP contribution in [-0.2, 0) is 11.3 Å². The number of benzene rings is 2. The molecule has 0 saturated carbocycles. The van der Waals surface area contributed by atoms with Gasteiger partial charge in [-0.25, -0.2) is 18.0 Å². The lowest BCUT2D eigenvalue weighted by molar-refractivity contribution is 0.00774. The number of β-amino-alcohol motifs (C(OH)–C–C–N with tert-alkyl or cyclic N) is 1. The molecule has 0 saturated heterocycles. The highest BCUT2D eigenvalue weighted by atomic mass is 19.1. The van der Waals surface area contributed by atoms with Gasteiger partial charge in [-0.3, -0.25) is 0 Å². The summed E-state index contributed by atoms with van der Waals surface area (Å²) in [6, 6.07) is 5.56. The van der Waals surface area contributed by atoms with E-state index in [1.165, 1.54) is 17.0 Å². The molecule has 2 aromatic rings. The van der Waals surface area contributed by atoms with E-state index in [0.29, 0.717) is 0 Å². The number of aliphatic hydroxyl groups is 1. The van der Waals surface area contributed by atoms with Crippen LogP contribution in [0, 0.1) is 17.5 Å². The van der Waals surface area contributed by atoms with Crippen LogP contribution in [0.5, 0.6) is 0 Å². The summed E-state index contributed by atoms with van der Waals surface area (Å²) in [6.45, 7) is 4.91. The quantitative estimate of drug-likeness (QED) is 0.791. The highest BCUT2D eigenvalue weighted by Crippen LogP contribution is 2.37. The van der Waals surface area contributed by atoms with Gasteiger partial charge in [0.1, 0.15) is 23.1 Å². The summed E-state index contributed by atoms with van der Waals surface area (Å²) < 4.78 is 47.2. The maximum absolute atomic E-state index is 14.3. The SMILES string of the molecule is CC(C)(C)OC(=O)N1Cc2c(-c3ccc(F)cc3F)ccc(F)c2C(O)C1. The van der Waals surface area contributed by atoms with Gasteiger partial charge in [-0.15, -0.1) is 0 Å². The first-order chi connectivity index (χ1) is 12.6. The van der Waals surface area contributed by atoms with E-state index in [1.54, 1.807) is 20.8 Å². The molecule has 0 fully saturated rings. The minimum Gasteiger partial charge on any atom is -0.444 e. The van der Waals surface area contributed by atoms with Crippen molar-refractivity contribution in [1.29, 1.82) is 0 Å². The van der Waals surface area contributed by atoms with Crippen LogP contribution in [0.3, 0.4) is 0 Å². The lowest BCUT2D eigenvalue weighted by atomic mass is 9.89. The van der Waals surface area contributed by atoms with Crippen molar-refractivity contribution >= 4 is 6.09 Å². The Hall–Kier alpha value is -2.54. The number of ether oxygens (including phenoxy) is 1. The highest BCUT2D eigenvalue weighted by Gasteiger charge is 2.33. The number of rotatable bonds is 1. The fourth-order valence-electron chi connectivity index (χ4n) is 3.15. The molecule has 4 nitrogen and oxygen atoms in total. The molecule has 3 rings (SSSR count). The van der Waals surface area contributed by atoms with Crippen LogP contribution < -0.4 is 0 Å². The Morgan fingerprint density at radius 1 is 1.11 bits per heavy atom. The molecular weight excluding hydrogens is 359 g/mol. The van der Waals surface area contributed by atoms with Gasteiger partial charge in [0, 0.05) is 17.2 Å². The third-order valence-corrected chi connectivity index (χ3v) is 4.25.